The molecule has 2 aromatic carbocycles. The van der Waals surface area contributed by atoms with Crippen LogP contribution >= 0.6 is 11.3 Å². The fourth-order valence-electron chi connectivity index (χ4n) is 2.99. The molecule has 1 N–H and O–H groups in total. The van der Waals surface area contributed by atoms with Gasteiger partial charge in [0, 0.05) is 28.4 Å². The van der Waals surface area contributed by atoms with Gasteiger partial charge in [-0.1, -0.05) is 42.5 Å². The summed E-state index contributed by atoms with van der Waals surface area (Å²) in [5.41, 5.74) is 2.65. The number of carbonyl (C=O) groups is 1. The topological polar surface area (TPSA) is 51.2 Å². The SMILES string of the molecule is O=C(NC(c1ccccc1)c1cccs1)c1ccc(OCc2cccnc2)cc1. The van der Waals surface area contributed by atoms with Crippen LogP contribution in [0.3, 0.4) is 0 Å². The molecule has 5 heteroatoms. The maximum Gasteiger partial charge on any atom is 0.252 e. The lowest BCUT2D eigenvalue weighted by Crippen LogP contribution is -2.28. The van der Waals surface area contributed by atoms with Gasteiger partial charge in [0.15, 0.2) is 0 Å². The van der Waals surface area contributed by atoms with Crippen LogP contribution in [0.25, 0.3) is 0 Å². The summed E-state index contributed by atoms with van der Waals surface area (Å²) in [6.07, 6.45) is 3.51. The zero-order chi connectivity index (χ0) is 19.9. The minimum atomic E-state index is -0.176. The predicted molar refractivity (Wildman–Crippen MR) is 115 cm³/mol. The van der Waals surface area contributed by atoms with E-state index in [9.17, 15) is 4.79 Å². The lowest BCUT2D eigenvalue weighted by molar-refractivity contribution is 0.0943. The van der Waals surface area contributed by atoms with Gasteiger partial charge < -0.3 is 10.1 Å². The minimum Gasteiger partial charge on any atom is -0.489 e. The van der Waals surface area contributed by atoms with Crippen molar-refractivity contribution in [3.05, 3.63) is 118 Å². The van der Waals surface area contributed by atoms with Crippen molar-refractivity contribution in [2.24, 2.45) is 0 Å². The molecule has 1 amide bonds. The molecule has 1 unspecified atom stereocenters. The van der Waals surface area contributed by atoms with Crippen molar-refractivity contribution in [3.63, 3.8) is 0 Å². The van der Waals surface area contributed by atoms with Crippen LogP contribution in [0.1, 0.15) is 32.4 Å². The van der Waals surface area contributed by atoms with E-state index in [1.165, 1.54) is 0 Å². The first-order chi connectivity index (χ1) is 14.3. The van der Waals surface area contributed by atoms with E-state index in [0.717, 1.165) is 16.0 Å². The zero-order valence-corrected chi connectivity index (χ0v) is 16.5. The van der Waals surface area contributed by atoms with Gasteiger partial charge in [-0.15, -0.1) is 11.3 Å². The number of hydrogen-bond acceptors (Lipinski definition) is 4. The molecule has 1 atom stereocenters. The van der Waals surface area contributed by atoms with Gasteiger partial charge in [0.1, 0.15) is 12.4 Å². The van der Waals surface area contributed by atoms with Gasteiger partial charge in [-0.2, -0.15) is 0 Å². The molecule has 0 saturated carbocycles. The van der Waals surface area contributed by atoms with E-state index in [2.05, 4.69) is 10.3 Å². The Labute approximate surface area is 173 Å². The fourth-order valence-corrected chi connectivity index (χ4v) is 3.79. The number of ether oxygens (including phenoxy) is 1. The van der Waals surface area contributed by atoms with Gasteiger partial charge in [-0.05, 0) is 47.3 Å². The molecule has 0 aliphatic rings. The normalized spacial score (nSPS) is 11.6. The van der Waals surface area contributed by atoms with Gasteiger partial charge in [-0.25, -0.2) is 0 Å². The minimum absolute atomic E-state index is 0.119. The molecule has 0 bridgehead atoms. The summed E-state index contributed by atoms with van der Waals surface area (Å²) < 4.78 is 5.77. The number of benzene rings is 2. The van der Waals surface area contributed by atoms with Crippen LogP contribution in [0.2, 0.25) is 0 Å². The number of rotatable bonds is 7. The van der Waals surface area contributed by atoms with Gasteiger partial charge in [0.25, 0.3) is 5.91 Å². The van der Waals surface area contributed by atoms with Crippen LogP contribution in [0.15, 0.2) is 96.6 Å². The molecule has 4 aromatic rings. The van der Waals surface area contributed by atoms with Crippen molar-refractivity contribution >= 4 is 17.2 Å². The molecule has 0 aliphatic carbocycles. The average molecular weight is 401 g/mol. The van der Waals surface area contributed by atoms with Crippen molar-refractivity contribution in [2.75, 3.05) is 0 Å². The second kappa shape index (κ2) is 9.17. The van der Waals surface area contributed by atoms with Crippen LogP contribution in [0.4, 0.5) is 0 Å². The molecule has 2 aromatic heterocycles. The van der Waals surface area contributed by atoms with Gasteiger partial charge in [-0.3, -0.25) is 9.78 Å². The number of nitrogens with one attached hydrogen (secondary N) is 1. The van der Waals surface area contributed by atoms with Crippen molar-refractivity contribution in [1.29, 1.82) is 0 Å². The number of nitrogens with zero attached hydrogens (tertiary/aromatic N) is 1. The van der Waals surface area contributed by atoms with Crippen LogP contribution in [0, 0.1) is 0 Å². The van der Waals surface area contributed by atoms with E-state index < -0.39 is 0 Å². The van der Waals surface area contributed by atoms with Crippen LogP contribution in [0.5, 0.6) is 5.75 Å². The van der Waals surface area contributed by atoms with Crippen molar-refractivity contribution in [3.8, 4) is 5.75 Å². The summed E-state index contributed by atoms with van der Waals surface area (Å²) >= 11 is 1.63. The first-order valence-electron chi connectivity index (χ1n) is 9.30. The Hall–Kier alpha value is -3.44. The maximum absolute atomic E-state index is 12.9. The third-order valence-corrected chi connectivity index (χ3v) is 5.42. The number of hydrogen-bond donors (Lipinski definition) is 1. The first kappa shape index (κ1) is 18.9. The van der Waals surface area contributed by atoms with Crippen LogP contribution in [-0.4, -0.2) is 10.9 Å². The Morgan fingerprint density at radius 3 is 2.48 bits per heavy atom. The summed E-state index contributed by atoms with van der Waals surface area (Å²) in [5.74, 6) is 0.592. The Morgan fingerprint density at radius 1 is 0.966 bits per heavy atom. The smallest absolute Gasteiger partial charge is 0.252 e. The highest BCUT2D eigenvalue weighted by atomic mass is 32.1. The molecule has 0 fully saturated rings. The average Bonchev–Trinajstić information content (AvgIpc) is 3.32. The highest BCUT2D eigenvalue weighted by Gasteiger charge is 2.18. The Kier molecular flexibility index (Phi) is 5.98. The molecular formula is C24H20N2O2S. The highest BCUT2D eigenvalue weighted by molar-refractivity contribution is 7.10. The molecule has 4 nitrogen and oxygen atoms in total. The molecule has 2 heterocycles. The molecule has 0 spiro atoms. The second-order valence-electron chi connectivity index (χ2n) is 6.51. The van der Waals surface area contributed by atoms with Crippen LogP contribution < -0.4 is 10.1 Å². The number of carbonyl (C=O) groups excluding carboxylic acids is 1. The van der Waals surface area contributed by atoms with E-state index in [1.54, 1.807) is 35.9 Å². The summed E-state index contributed by atoms with van der Waals surface area (Å²) in [5, 5.41) is 5.17. The number of pyridine rings is 1. The molecular weight excluding hydrogens is 380 g/mol. The summed E-state index contributed by atoms with van der Waals surface area (Å²) in [6.45, 7) is 0.438. The fraction of sp³-hybridized carbons (Fsp3) is 0.0833. The highest BCUT2D eigenvalue weighted by Crippen LogP contribution is 2.26. The number of thiophene rings is 1. The molecule has 0 radical (unpaired) electrons. The Morgan fingerprint density at radius 2 is 1.79 bits per heavy atom. The van der Waals surface area contributed by atoms with Gasteiger partial charge in [0.05, 0.1) is 6.04 Å². The quantitative estimate of drug-likeness (QED) is 0.461. The van der Waals surface area contributed by atoms with E-state index >= 15 is 0 Å². The summed E-state index contributed by atoms with van der Waals surface area (Å²) in [6, 6.07) is 24.9. The van der Waals surface area contributed by atoms with Crippen molar-refractivity contribution in [1.82, 2.24) is 10.3 Å². The molecule has 29 heavy (non-hydrogen) atoms. The van der Waals surface area contributed by atoms with Gasteiger partial charge in [0.2, 0.25) is 0 Å². The van der Waals surface area contributed by atoms with Crippen LogP contribution in [-0.2, 0) is 6.61 Å². The van der Waals surface area contributed by atoms with Crippen molar-refractivity contribution in [2.45, 2.75) is 12.6 Å². The summed E-state index contributed by atoms with van der Waals surface area (Å²) in [4.78, 5) is 18.0. The first-order valence-corrected chi connectivity index (χ1v) is 10.2. The lowest BCUT2D eigenvalue weighted by atomic mass is 10.0. The predicted octanol–water partition coefficient (Wildman–Crippen LogP) is 5.24. The third kappa shape index (κ3) is 4.89. The molecule has 0 saturated heterocycles. The maximum atomic E-state index is 12.9. The lowest BCUT2D eigenvalue weighted by Gasteiger charge is -2.18. The van der Waals surface area contributed by atoms with E-state index in [1.807, 2.05) is 72.1 Å². The largest absolute Gasteiger partial charge is 0.489 e. The standard InChI is InChI=1S/C24H20N2O2S/c27-24(26-23(22-9-5-15-29-22)19-7-2-1-3-8-19)20-10-12-21(13-11-20)28-17-18-6-4-14-25-16-18/h1-16,23H,17H2,(H,26,27). The summed E-state index contributed by atoms with van der Waals surface area (Å²) in [7, 11) is 0. The Bertz CT molecular complexity index is 1030. The number of aromatic nitrogens is 1. The van der Waals surface area contributed by atoms with E-state index in [4.69, 9.17) is 4.74 Å². The third-order valence-electron chi connectivity index (χ3n) is 4.48. The molecule has 4 rings (SSSR count). The van der Waals surface area contributed by atoms with Gasteiger partial charge >= 0.3 is 0 Å². The zero-order valence-electron chi connectivity index (χ0n) is 15.7. The van der Waals surface area contributed by atoms with E-state index in [0.29, 0.717) is 17.9 Å². The second-order valence-corrected chi connectivity index (χ2v) is 7.49. The van der Waals surface area contributed by atoms with Crippen molar-refractivity contribution < 1.29 is 9.53 Å². The Balaban J connectivity index is 1.44. The monoisotopic (exact) mass is 400 g/mol. The van der Waals surface area contributed by atoms with E-state index in [-0.39, 0.29) is 11.9 Å². The molecule has 0 aliphatic heterocycles. The number of amides is 1. The molecule has 144 valence electrons.